The highest BCUT2D eigenvalue weighted by Gasteiger charge is 2.16. The molecule has 1 N–H and O–H groups in total. The van der Waals surface area contributed by atoms with Gasteiger partial charge in [-0.15, -0.1) is 0 Å². The van der Waals surface area contributed by atoms with Crippen molar-refractivity contribution in [3.05, 3.63) is 48.6 Å². The summed E-state index contributed by atoms with van der Waals surface area (Å²) in [6.45, 7) is 4.06. The number of hydrogen-bond acceptors (Lipinski definition) is 5. The number of esters is 2. The van der Waals surface area contributed by atoms with Crippen molar-refractivity contribution in [2.75, 3.05) is 13.2 Å². The van der Waals surface area contributed by atoms with Gasteiger partial charge in [0.15, 0.2) is 6.10 Å². The van der Waals surface area contributed by atoms with Gasteiger partial charge in [-0.3, -0.25) is 9.59 Å². The largest absolute Gasteiger partial charge is 0.462 e. The fourth-order valence-electron chi connectivity index (χ4n) is 7.37. The second-order valence-electron chi connectivity index (χ2n) is 16.9. The number of unbranched alkanes of at least 4 members (excludes halogenated alkanes) is 30. The highest BCUT2D eigenvalue weighted by molar-refractivity contribution is 5.70. The molecule has 0 heterocycles. The van der Waals surface area contributed by atoms with Crippen molar-refractivity contribution in [2.45, 2.75) is 264 Å². The maximum absolute atomic E-state index is 12.3. The third-order valence-electron chi connectivity index (χ3n) is 11.1. The SMILES string of the molecule is CC/C=C\C/C=C\C/C=C\C/C=C\CCCCCCCCCCCCCCCCC(=O)OC(CO)COC(=O)CCCCCCCCCCCCCCCCCCC. The first-order chi connectivity index (χ1) is 28.6. The van der Waals surface area contributed by atoms with Crippen molar-refractivity contribution in [3.8, 4) is 0 Å². The Balaban J connectivity index is 3.47. The van der Waals surface area contributed by atoms with Gasteiger partial charge in [0.1, 0.15) is 6.61 Å². The second-order valence-corrected chi connectivity index (χ2v) is 16.9. The van der Waals surface area contributed by atoms with E-state index in [0.29, 0.717) is 12.8 Å². The first-order valence-corrected chi connectivity index (χ1v) is 25.2. The fraction of sp³-hybridized carbons (Fsp3) is 0.811. The molecule has 1 unspecified atom stereocenters. The molecule has 0 saturated heterocycles. The highest BCUT2D eigenvalue weighted by atomic mass is 16.6. The van der Waals surface area contributed by atoms with Gasteiger partial charge in [-0.1, -0.05) is 242 Å². The molecule has 0 aliphatic heterocycles. The quantitative estimate of drug-likeness (QED) is 0.0376. The Hall–Kier alpha value is -2.14. The van der Waals surface area contributed by atoms with E-state index in [1.807, 2.05) is 0 Å². The Kier molecular flexibility index (Phi) is 47.4. The number of rotatable bonds is 46. The third kappa shape index (κ3) is 46.5. The van der Waals surface area contributed by atoms with Crippen LogP contribution in [-0.2, 0) is 19.1 Å². The Bertz CT molecular complexity index is 966. The molecule has 0 aliphatic rings. The van der Waals surface area contributed by atoms with E-state index in [1.54, 1.807) is 0 Å². The van der Waals surface area contributed by atoms with Crippen LogP contribution in [0.15, 0.2) is 48.6 Å². The van der Waals surface area contributed by atoms with Crippen LogP contribution < -0.4 is 0 Å². The van der Waals surface area contributed by atoms with Crippen molar-refractivity contribution >= 4 is 11.9 Å². The van der Waals surface area contributed by atoms with Crippen molar-refractivity contribution in [1.82, 2.24) is 0 Å². The van der Waals surface area contributed by atoms with Crippen LogP contribution in [0.5, 0.6) is 0 Å². The van der Waals surface area contributed by atoms with Gasteiger partial charge in [0.05, 0.1) is 6.61 Å². The number of ether oxygens (including phenoxy) is 2. The van der Waals surface area contributed by atoms with Gasteiger partial charge in [0.2, 0.25) is 0 Å². The highest BCUT2D eigenvalue weighted by Crippen LogP contribution is 2.16. The van der Waals surface area contributed by atoms with Gasteiger partial charge in [-0.05, 0) is 51.4 Å². The topological polar surface area (TPSA) is 72.8 Å². The van der Waals surface area contributed by atoms with Crippen LogP contribution in [0.2, 0.25) is 0 Å². The van der Waals surface area contributed by atoms with Crippen LogP contribution in [-0.4, -0.2) is 36.4 Å². The lowest BCUT2D eigenvalue weighted by Crippen LogP contribution is -2.28. The summed E-state index contributed by atoms with van der Waals surface area (Å²) in [6.07, 6.45) is 63.5. The number of aliphatic hydroxyl groups is 1. The van der Waals surface area contributed by atoms with Crippen LogP contribution >= 0.6 is 0 Å². The second kappa shape index (κ2) is 49.2. The molecular formula is C53H96O5. The third-order valence-corrected chi connectivity index (χ3v) is 11.1. The number of carbonyl (C=O) groups excluding carboxylic acids is 2. The maximum Gasteiger partial charge on any atom is 0.306 e. The zero-order valence-electron chi connectivity index (χ0n) is 38.6. The zero-order valence-corrected chi connectivity index (χ0v) is 38.6. The smallest absolute Gasteiger partial charge is 0.306 e. The van der Waals surface area contributed by atoms with E-state index >= 15 is 0 Å². The minimum atomic E-state index is -0.770. The van der Waals surface area contributed by atoms with Gasteiger partial charge in [0.25, 0.3) is 0 Å². The van der Waals surface area contributed by atoms with E-state index < -0.39 is 6.10 Å². The molecule has 0 aromatic rings. The predicted octanol–water partition coefficient (Wildman–Crippen LogP) is 16.5. The molecule has 0 amide bonds. The minimum absolute atomic E-state index is 0.0622. The molecule has 0 rings (SSSR count). The average molecular weight is 813 g/mol. The molecule has 338 valence electrons. The maximum atomic E-state index is 12.3. The summed E-state index contributed by atoms with van der Waals surface area (Å²) in [6, 6.07) is 0. The summed E-state index contributed by atoms with van der Waals surface area (Å²) < 4.78 is 10.7. The minimum Gasteiger partial charge on any atom is -0.462 e. The summed E-state index contributed by atoms with van der Waals surface area (Å²) in [4.78, 5) is 24.4. The van der Waals surface area contributed by atoms with Crippen LogP contribution in [0, 0.1) is 0 Å². The van der Waals surface area contributed by atoms with Crippen molar-refractivity contribution < 1.29 is 24.2 Å². The van der Waals surface area contributed by atoms with Gasteiger partial charge < -0.3 is 14.6 Å². The molecule has 1 atom stereocenters. The monoisotopic (exact) mass is 813 g/mol. The van der Waals surface area contributed by atoms with E-state index in [4.69, 9.17) is 9.47 Å². The van der Waals surface area contributed by atoms with Crippen LogP contribution in [0.25, 0.3) is 0 Å². The summed E-state index contributed by atoms with van der Waals surface area (Å²) in [7, 11) is 0. The molecule has 58 heavy (non-hydrogen) atoms. The zero-order chi connectivity index (χ0) is 42.1. The van der Waals surface area contributed by atoms with Crippen LogP contribution in [0.1, 0.15) is 258 Å². The standard InChI is InChI=1S/C53H96O5/c1-3-5-7-9-11-13-15-17-19-21-22-23-24-25-26-27-28-29-30-32-34-36-38-40-42-44-46-48-53(56)58-51(49-54)50-57-52(55)47-45-43-41-39-37-35-33-31-20-18-16-14-12-10-8-6-4-2/h5,7,11,13,17,19,22-23,51,54H,3-4,6,8-10,12,14-16,18,20-21,24-50H2,1-2H3/b7-5-,13-11-,19-17-,23-22-. The van der Waals surface area contributed by atoms with Gasteiger partial charge in [0, 0.05) is 12.8 Å². The van der Waals surface area contributed by atoms with E-state index in [0.717, 1.165) is 64.2 Å². The summed E-state index contributed by atoms with van der Waals surface area (Å²) >= 11 is 0. The molecule has 5 nitrogen and oxygen atoms in total. The van der Waals surface area contributed by atoms with E-state index in [-0.39, 0.29) is 25.2 Å². The van der Waals surface area contributed by atoms with Crippen molar-refractivity contribution in [1.29, 1.82) is 0 Å². The summed E-state index contributed by atoms with van der Waals surface area (Å²) in [5, 5.41) is 9.62. The lowest BCUT2D eigenvalue weighted by Gasteiger charge is -2.15. The van der Waals surface area contributed by atoms with Gasteiger partial charge >= 0.3 is 11.9 Å². The molecule has 0 aromatic heterocycles. The predicted molar refractivity (Wildman–Crippen MR) is 251 cm³/mol. The first kappa shape index (κ1) is 55.9. The normalized spacial score (nSPS) is 12.5. The number of aliphatic hydroxyl groups excluding tert-OH is 1. The first-order valence-electron chi connectivity index (χ1n) is 25.2. The molecule has 5 heteroatoms. The molecule has 0 fully saturated rings. The molecule has 0 radical (unpaired) electrons. The number of hydrogen-bond donors (Lipinski definition) is 1. The summed E-state index contributed by atoms with van der Waals surface area (Å²) in [5.74, 6) is -0.579. The Morgan fingerprint density at radius 2 is 0.741 bits per heavy atom. The summed E-state index contributed by atoms with van der Waals surface area (Å²) in [5.41, 5.74) is 0. The van der Waals surface area contributed by atoms with Crippen molar-refractivity contribution in [3.63, 3.8) is 0 Å². The molecule has 0 aromatic carbocycles. The number of carbonyl (C=O) groups is 2. The molecule has 0 spiro atoms. The van der Waals surface area contributed by atoms with E-state index in [2.05, 4.69) is 62.5 Å². The van der Waals surface area contributed by atoms with Crippen LogP contribution in [0.4, 0.5) is 0 Å². The van der Waals surface area contributed by atoms with E-state index in [1.165, 1.54) is 167 Å². The lowest BCUT2D eigenvalue weighted by molar-refractivity contribution is -0.161. The average Bonchev–Trinajstić information content (AvgIpc) is 3.23. The van der Waals surface area contributed by atoms with E-state index in [9.17, 15) is 14.7 Å². The Labute approximate surface area is 360 Å². The van der Waals surface area contributed by atoms with Crippen LogP contribution in [0.3, 0.4) is 0 Å². The van der Waals surface area contributed by atoms with Gasteiger partial charge in [-0.2, -0.15) is 0 Å². The molecule has 0 saturated carbocycles. The van der Waals surface area contributed by atoms with Gasteiger partial charge in [-0.25, -0.2) is 0 Å². The molecular weight excluding hydrogens is 717 g/mol. The Morgan fingerprint density at radius 3 is 1.12 bits per heavy atom. The number of allylic oxidation sites excluding steroid dienone is 8. The fourth-order valence-corrected chi connectivity index (χ4v) is 7.37. The molecule has 0 bridgehead atoms. The Morgan fingerprint density at radius 1 is 0.414 bits per heavy atom. The lowest BCUT2D eigenvalue weighted by atomic mass is 10.0. The molecule has 0 aliphatic carbocycles. The van der Waals surface area contributed by atoms with Crippen molar-refractivity contribution in [2.24, 2.45) is 0 Å².